The van der Waals surface area contributed by atoms with Crippen LogP contribution in [0.2, 0.25) is 0 Å². The van der Waals surface area contributed by atoms with Gasteiger partial charge in [0.25, 0.3) is 0 Å². The SMILES string of the molecule is Cc1ccc(NC(=O)C2(c3ccc4c(c3)CCO4)CC2)cc1-c1cccc(C(=O)O)c1C.[HH]. The van der Waals surface area contributed by atoms with Crippen molar-refractivity contribution < 1.29 is 20.9 Å². The van der Waals surface area contributed by atoms with Gasteiger partial charge in [0.15, 0.2) is 0 Å². The highest BCUT2D eigenvalue weighted by Crippen LogP contribution is 2.50. The zero-order chi connectivity index (χ0) is 22.5. The molecule has 0 bridgehead atoms. The van der Waals surface area contributed by atoms with Crippen LogP contribution in [0.15, 0.2) is 54.6 Å². The number of carbonyl (C=O) groups excluding carboxylic acids is 1. The van der Waals surface area contributed by atoms with Crippen molar-refractivity contribution in [3.05, 3.63) is 82.4 Å². The summed E-state index contributed by atoms with van der Waals surface area (Å²) in [5.41, 5.74) is 6.26. The summed E-state index contributed by atoms with van der Waals surface area (Å²) in [5, 5.41) is 12.6. The second kappa shape index (κ2) is 7.52. The maximum atomic E-state index is 13.3. The molecule has 0 radical (unpaired) electrons. The number of aryl methyl sites for hydroxylation is 1. The van der Waals surface area contributed by atoms with Crippen LogP contribution in [0, 0.1) is 13.8 Å². The van der Waals surface area contributed by atoms with Gasteiger partial charge in [0.2, 0.25) is 5.91 Å². The molecule has 0 aromatic heterocycles. The highest BCUT2D eigenvalue weighted by atomic mass is 16.5. The highest BCUT2D eigenvalue weighted by molar-refractivity contribution is 6.02. The van der Waals surface area contributed by atoms with E-state index < -0.39 is 11.4 Å². The fourth-order valence-corrected chi connectivity index (χ4v) is 4.66. The lowest BCUT2D eigenvalue weighted by molar-refractivity contribution is -0.118. The van der Waals surface area contributed by atoms with Crippen LogP contribution in [0.25, 0.3) is 11.1 Å². The zero-order valence-corrected chi connectivity index (χ0v) is 18.2. The van der Waals surface area contributed by atoms with E-state index in [0.717, 1.165) is 47.3 Å². The molecule has 2 N–H and O–H groups in total. The molecule has 2 aliphatic rings. The van der Waals surface area contributed by atoms with E-state index >= 15 is 0 Å². The lowest BCUT2D eigenvalue weighted by Crippen LogP contribution is -2.27. The number of amides is 1. The van der Waals surface area contributed by atoms with Gasteiger partial charge in [-0.2, -0.15) is 0 Å². The lowest BCUT2D eigenvalue weighted by atomic mass is 9.92. The number of benzene rings is 3. The second-order valence-electron chi connectivity index (χ2n) is 8.77. The number of nitrogens with one attached hydrogen (secondary N) is 1. The summed E-state index contributed by atoms with van der Waals surface area (Å²) >= 11 is 0. The number of carboxylic acids is 1. The van der Waals surface area contributed by atoms with Crippen molar-refractivity contribution in [1.29, 1.82) is 0 Å². The van der Waals surface area contributed by atoms with Crippen molar-refractivity contribution in [3.8, 4) is 16.9 Å². The molecule has 1 amide bonds. The summed E-state index contributed by atoms with van der Waals surface area (Å²) in [7, 11) is 0. The van der Waals surface area contributed by atoms with Crippen molar-refractivity contribution in [2.75, 3.05) is 11.9 Å². The molecule has 5 heteroatoms. The van der Waals surface area contributed by atoms with Crippen LogP contribution in [-0.2, 0) is 16.6 Å². The normalized spacial score (nSPS) is 15.6. The van der Waals surface area contributed by atoms with Gasteiger partial charge in [-0.3, -0.25) is 4.79 Å². The highest BCUT2D eigenvalue weighted by Gasteiger charge is 2.51. The first-order chi connectivity index (χ1) is 15.4. The van der Waals surface area contributed by atoms with Gasteiger partial charge < -0.3 is 15.2 Å². The lowest BCUT2D eigenvalue weighted by Gasteiger charge is -2.18. The summed E-state index contributed by atoms with van der Waals surface area (Å²) in [4.78, 5) is 24.9. The molecule has 0 spiro atoms. The summed E-state index contributed by atoms with van der Waals surface area (Å²) < 4.78 is 5.60. The third-order valence-electron chi connectivity index (χ3n) is 6.78. The number of rotatable bonds is 5. The van der Waals surface area contributed by atoms with Crippen molar-refractivity contribution in [2.24, 2.45) is 0 Å². The summed E-state index contributed by atoms with van der Waals surface area (Å²) in [6, 6.07) is 17.2. The van der Waals surface area contributed by atoms with Gasteiger partial charge in [-0.1, -0.05) is 30.3 Å². The Morgan fingerprint density at radius 3 is 2.59 bits per heavy atom. The molecule has 3 aromatic carbocycles. The molecule has 0 atom stereocenters. The number of hydrogen-bond donors (Lipinski definition) is 2. The molecule has 3 aromatic rings. The topological polar surface area (TPSA) is 75.6 Å². The minimum absolute atomic E-state index is 0. The number of hydrogen-bond acceptors (Lipinski definition) is 3. The predicted octanol–water partition coefficient (Wildman–Crippen LogP) is 5.52. The molecular formula is C27H27NO4. The van der Waals surface area contributed by atoms with Crippen LogP contribution in [0.4, 0.5) is 5.69 Å². The second-order valence-corrected chi connectivity index (χ2v) is 8.77. The van der Waals surface area contributed by atoms with Crippen molar-refractivity contribution >= 4 is 17.6 Å². The minimum Gasteiger partial charge on any atom is -0.493 e. The van der Waals surface area contributed by atoms with E-state index in [9.17, 15) is 14.7 Å². The van der Waals surface area contributed by atoms with Gasteiger partial charge in [-0.05, 0) is 84.3 Å². The van der Waals surface area contributed by atoms with E-state index in [2.05, 4.69) is 11.4 Å². The molecule has 1 saturated carbocycles. The Bertz CT molecular complexity index is 1260. The Labute approximate surface area is 188 Å². The van der Waals surface area contributed by atoms with Crippen LogP contribution in [0.1, 0.15) is 46.9 Å². The first-order valence-corrected chi connectivity index (χ1v) is 10.9. The average molecular weight is 430 g/mol. The van der Waals surface area contributed by atoms with Crippen LogP contribution in [0.3, 0.4) is 0 Å². The van der Waals surface area contributed by atoms with Gasteiger partial charge in [0.1, 0.15) is 5.75 Å². The summed E-state index contributed by atoms with van der Waals surface area (Å²) in [5.74, 6) is -0.0174. The van der Waals surface area contributed by atoms with Crippen molar-refractivity contribution in [2.45, 2.75) is 38.5 Å². The maximum absolute atomic E-state index is 13.3. The molecule has 1 aliphatic carbocycles. The fourth-order valence-electron chi connectivity index (χ4n) is 4.66. The van der Waals surface area contributed by atoms with Crippen LogP contribution in [-0.4, -0.2) is 23.6 Å². The Hall–Kier alpha value is -3.60. The third kappa shape index (κ3) is 3.34. The minimum atomic E-state index is -0.943. The number of fused-ring (bicyclic) bond motifs is 1. The van der Waals surface area contributed by atoms with Gasteiger partial charge in [-0.15, -0.1) is 0 Å². The van der Waals surface area contributed by atoms with Crippen LogP contribution in [0.5, 0.6) is 5.75 Å². The molecule has 164 valence electrons. The summed E-state index contributed by atoms with van der Waals surface area (Å²) in [6.45, 7) is 4.51. The van der Waals surface area contributed by atoms with Crippen LogP contribution < -0.4 is 10.1 Å². The molecule has 0 saturated heterocycles. The first kappa shape index (κ1) is 20.3. The Kier molecular flexibility index (Phi) is 4.77. The fraction of sp³-hybridized carbons (Fsp3) is 0.259. The molecule has 1 aliphatic heterocycles. The standard InChI is InChI=1S/C27H25NO4.H2/c1-16-6-8-20(15-23(16)21-4-3-5-22(17(21)2)25(29)30)28-26(31)27(11-12-27)19-7-9-24-18(14-19)10-13-32-24;/h3-9,14-15H,10-13H2,1-2H3,(H,28,31)(H,29,30);1H. The Balaban J connectivity index is 0.00000259. The molecule has 1 fully saturated rings. The molecule has 32 heavy (non-hydrogen) atoms. The van der Waals surface area contributed by atoms with E-state index in [0.29, 0.717) is 17.9 Å². The van der Waals surface area contributed by atoms with Crippen molar-refractivity contribution in [3.63, 3.8) is 0 Å². The predicted molar refractivity (Wildman–Crippen MR) is 126 cm³/mol. The average Bonchev–Trinajstić information content (AvgIpc) is 3.46. The molecule has 5 rings (SSSR count). The van der Waals surface area contributed by atoms with E-state index in [1.165, 1.54) is 5.56 Å². The molecule has 5 nitrogen and oxygen atoms in total. The quantitative estimate of drug-likeness (QED) is 0.560. The van der Waals surface area contributed by atoms with Gasteiger partial charge in [0, 0.05) is 13.5 Å². The number of carbonyl (C=O) groups is 2. The molecule has 0 unspecified atom stereocenters. The third-order valence-corrected chi connectivity index (χ3v) is 6.78. The van der Waals surface area contributed by atoms with Gasteiger partial charge >= 0.3 is 5.97 Å². The van der Waals surface area contributed by atoms with Gasteiger partial charge in [-0.25, -0.2) is 4.79 Å². The number of anilines is 1. The Morgan fingerprint density at radius 1 is 1.03 bits per heavy atom. The van der Waals surface area contributed by atoms with E-state index in [-0.39, 0.29) is 12.9 Å². The molecule has 1 heterocycles. The number of aromatic carboxylic acids is 1. The summed E-state index contributed by atoms with van der Waals surface area (Å²) in [6.07, 6.45) is 2.55. The van der Waals surface area contributed by atoms with E-state index in [4.69, 9.17) is 4.74 Å². The van der Waals surface area contributed by atoms with Crippen LogP contribution >= 0.6 is 0 Å². The monoisotopic (exact) mass is 429 g/mol. The first-order valence-electron chi connectivity index (χ1n) is 10.9. The van der Waals surface area contributed by atoms with Gasteiger partial charge in [0.05, 0.1) is 17.6 Å². The molecular weight excluding hydrogens is 402 g/mol. The zero-order valence-electron chi connectivity index (χ0n) is 18.2. The number of ether oxygens (including phenoxy) is 1. The van der Waals surface area contributed by atoms with E-state index in [1.807, 2.05) is 50.2 Å². The van der Waals surface area contributed by atoms with E-state index in [1.54, 1.807) is 12.1 Å². The smallest absolute Gasteiger partial charge is 0.335 e. The maximum Gasteiger partial charge on any atom is 0.335 e. The Morgan fingerprint density at radius 2 is 1.84 bits per heavy atom. The number of carboxylic acid groups (broad SMARTS) is 1. The largest absolute Gasteiger partial charge is 0.493 e. The van der Waals surface area contributed by atoms with Crippen molar-refractivity contribution in [1.82, 2.24) is 0 Å².